The molecule has 0 bridgehead atoms. The Balaban J connectivity index is 2.22. The van der Waals surface area contributed by atoms with Gasteiger partial charge in [-0.1, -0.05) is 0 Å². The van der Waals surface area contributed by atoms with E-state index in [1.165, 1.54) is 18.3 Å². The Morgan fingerprint density at radius 3 is 2.67 bits per heavy atom. The smallest absolute Gasteiger partial charge is 0.363 e. The van der Waals surface area contributed by atoms with Gasteiger partial charge in [0.25, 0.3) is 0 Å². The zero-order valence-corrected chi connectivity index (χ0v) is 7.64. The maximum Gasteiger partial charge on any atom is 0.363 e. The Hall–Kier alpha value is -2.37. The maximum atomic E-state index is 10.8. The average molecular weight is 204 g/mol. The van der Waals surface area contributed by atoms with Crippen molar-refractivity contribution in [2.24, 2.45) is 0 Å². The first kappa shape index (κ1) is 9.20. The predicted molar refractivity (Wildman–Crippen MR) is 54.0 cm³/mol. The molecule has 1 aromatic carbocycles. The zero-order valence-electron chi connectivity index (χ0n) is 7.64. The van der Waals surface area contributed by atoms with Crippen molar-refractivity contribution in [2.45, 2.75) is 0 Å². The minimum Gasteiger partial charge on any atom is -0.508 e. The van der Waals surface area contributed by atoms with Crippen LogP contribution < -0.4 is 11.0 Å². The first-order valence-electron chi connectivity index (χ1n) is 4.22. The highest BCUT2D eigenvalue weighted by atomic mass is 16.3. The first-order valence-corrected chi connectivity index (χ1v) is 4.22. The summed E-state index contributed by atoms with van der Waals surface area (Å²) in [5.74, 6) is 0.530. The zero-order chi connectivity index (χ0) is 10.7. The Bertz CT molecular complexity index is 506. The van der Waals surface area contributed by atoms with E-state index in [1.54, 1.807) is 12.1 Å². The van der Waals surface area contributed by atoms with E-state index in [1.807, 2.05) is 0 Å². The summed E-state index contributed by atoms with van der Waals surface area (Å²) < 4.78 is 0. The van der Waals surface area contributed by atoms with E-state index in [9.17, 15) is 4.79 Å². The second-order valence-corrected chi connectivity index (χ2v) is 2.84. The number of rotatable bonds is 2. The van der Waals surface area contributed by atoms with Crippen LogP contribution in [0, 0.1) is 0 Å². The predicted octanol–water partition coefficient (Wildman–Crippen LogP) is 0.614. The standard InChI is InChI=1S/C9H8N4O2/c14-7-3-1-6(2-4-7)11-8-5-10-13-9(15)12-8/h1-5,14H,(H2,11,12,13,15). The topological polar surface area (TPSA) is 90.9 Å². The molecule has 0 fully saturated rings. The molecule has 0 aliphatic heterocycles. The van der Waals surface area contributed by atoms with Crippen LogP contribution in [0.2, 0.25) is 0 Å². The fraction of sp³-hybridized carbons (Fsp3) is 0. The fourth-order valence-electron chi connectivity index (χ4n) is 1.06. The quantitative estimate of drug-likeness (QED) is 0.623. The van der Waals surface area contributed by atoms with Crippen molar-refractivity contribution in [2.75, 3.05) is 5.32 Å². The number of nitrogens with zero attached hydrogens (tertiary/aromatic N) is 2. The second kappa shape index (κ2) is 3.79. The molecule has 0 atom stereocenters. The van der Waals surface area contributed by atoms with Crippen molar-refractivity contribution in [1.29, 1.82) is 0 Å². The van der Waals surface area contributed by atoms with Gasteiger partial charge in [0, 0.05) is 5.69 Å². The van der Waals surface area contributed by atoms with Crippen LogP contribution in [0.1, 0.15) is 0 Å². The molecule has 0 radical (unpaired) electrons. The molecule has 2 rings (SSSR count). The molecule has 6 heteroatoms. The molecule has 0 amide bonds. The summed E-state index contributed by atoms with van der Waals surface area (Å²) in [4.78, 5) is 14.5. The van der Waals surface area contributed by atoms with Crippen molar-refractivity contribution in [1.82, 2.24) is 15.2 Å². The number of aromatic hydroxyl groups is 1. The summed E-state index contributed by atoms with van der Waals surface area (Å²) >= 11 is 0. The van der Waals surface area contributed by atoms with Crippen molar-refractivity contribution in [3.05, 3.63) is 40.9 Å². The summed E-state index contributed by atoms with van der Waals surface area (Å²) in [6.45, 7) is 0. The minimum atomic E-state index is -0.515. The van der Waals surface area contributed by atoms with Gasteiger partial charge >= 0.3 is 5.69 Å². The number of hydrogen-bond acceptors (Lipinski definition) is 5. The average Bonchev–Trinajstić information content (AvgIpc) is 2.22. The lowest BCUT2D eigenvalue weighted by Gasteiger charge is -2.03. The third kappa shape index (κ3) is 2.31. The van der Waals surface area contributed by atoms with Crippen molar-refractivity contribution >= 4 is 11.5 Å². The van der Waals surface area contributed by atoms with Crippen LogP contribution in [0.5, 0.6) is 5.75 Å². The monoisotopic (exact) mass is 204 g/mol. The maximum absolute atomic E-state index is 10.8. The van der Waals surface area contributed by atoms with Crippen LogP contribution in [0.3, 0.4) is 0 Å². The van der Waals surface area contributed by atoms with E-state index in [-0.39, 0.29) is 5.75 Å². The molecule has 0 unspecified atom stereocenters. The SMILES string of the molecule is O=c1nc(Nc2ccc(O)cc2)cn[nH]1. The Kier molecular flexibility index (Phi) is 2.32. The van der Waals surface area contributed by atoms with Crippen LogP contribution >= 0.6 is 0 Å². The van der Waals surface area contributed by atoms with Gasteiger partial charge < -0.3 is 10.4 Å². The molecule has 15 heavy (non-hydrogen) atoms. The molecule has 2 aromatic rings. The van der Waals surface area contributed by atoms with Crippen molar-refractivity contribution < 1.29 is 5.11 Å². The number of aromatic nitrogens is 3. The van der Waals surface area contributed by atoms with Crippen molar-refractivity contribution in [3.8, 4) is 5.75 Å². The number of phenolic OH excluding ortho intramolecular Hbond substituents is 1. The summed E-state index contributed by atoms with van der Waals surface area (Å²) in [5, 5.41) is 17.7. The van der Waals surface area contributed by atoms with Gasteiger partial charge in [-0.2, -0.15) is 10.1 Å². The number of benzene rings is 1. The van der Waals surface area contributed by atoms with Crippen LogP contribution in [-0.4, -0.2) is 20.3 Å². The van der Waals surface area contributed by atoms with Gasteiger partial charge in [0.05, 0.1) is 6.20 Å². The number of nitrogens with one attached hydrogen (secondary N) is 2. The first-order chi connectivity index (χ1) is 7.24. The van der Waals surface area contributed by atoms with Crippen LogP contribution in [-0.2, 0) is 0 Å². The Labute approximate surface area is 84.6 Å². The highest BCUT2D eigenvalue weighted by molar-refractivity contribution is 5.55. The van der Waals surface area contributed by atoms with E-state index in [2.05, 4.69) is 20.5 Å². The lowest BCUT2D eigenvalue weighted by molar-refractivity contribution is 0.475. The van der Waals surface area contributed by atoms with Crippen LogP contribution in [0.4, 0.5) is 11.5 Å². The molecule has 0 aliphatic carbocycles. The van der Waals surface area contributed by atoms with E-state index < -0.39 is 5.69 Å². The van der Waals surface area contributed by atoms with Crippen molar-refractivity contribution in [3.63, 3.8) is 0 Å². The van der Waals surface area contributed by atoms with E-state index in [0.717, 1.165) is 0 Å². The number of anilines is 2. The van der Waals surface area contributed by atoms with E-state index in [4.69, 9.17) is 5.11 Å². The van der Waals surface area contributed by atoms with E-state index in [0.29, 0.717) is 11.5 Å². The summed E-state index contributed by atoms with van der Waals surface area (Å²) in [5.41, 5.74) is 0.200. The molecule has 76 valence electrons. The molecule has 0 aliphatic rings. The molecule has 0 saturated heterocycles. The second-order valence-electron chi connectivity index (χ2n) is 2.84. The van der Waals surface area contributed by atoms with Gasteiger partial charge in [0.1, 0.15) is 5.75 Å². The van der Waals surface area contributed by atoms with Gasteiger partial charge in [0.2, 0.25) is 0 Å². The van der Waals surface area contributed by atoms with Gasteiger partial charge in [-0.25, -0.2) is 9.89 Å². The highest BCUT2D eigenvalue weighted by Crippen LogP contribution is 2.16. The highest BCUT2D eigenvalue weighted by Gasteiger charge is 1.96. The third-order valence-corrected chi connectivity index (χ3v) is 1.71. The molecule has 6 nitrogen and oxygen atoms in total. The van der Waals surface area contributed by atoms with Gasteiger partial charge in [0.15, 0.2) is 5.82 Å². The fourth-order valence-corrected chi connectivity index (χ4v) is 1.06. The minimum absolute atomic E-state index is 0.178. The van der Waals surface area contributed by atoms with E-state index >= 15 is 0 Å². The molecule has 1 aromatic heterocycles. The van der Waals surface area contributed by atoms with Crippen LogP contribution in [0.15, 0.2) is 35.3 Å². The Morgan fingerprint density at radius 1 is 1.27 bits per heavy atom. The number of hydrogen-bond donors (Lipinski definition) is 3. The third-order valence-electron chi connectivity index (χ3n) is 1.71. The van der Waals surface area contributed by atoms with Crippen LogP contribution in [0.25, 0.3) is 0 Å². The largest absolute Gasteiger partial charge is 0.508 e. The summed E-state index contributed by atoms with van der Waals surface area (Å²) in [6.07, 6.45) is 1.40. The molecular formula is C9H8N4O2. The Morgan fingerprint density at radius 2 is 2.00 bits per heavy atom. The number of H-pyrrole nitrogens is 1. The molecule has 1 heterocycles. The lowest BCUT2D eigenvalue weighted by atomic mass is 10.3. The molecule has 0 spiro atoms. The lowest BCUT2D eigenvalue weighted by Crippen LogP contribution is -2.13. The summed E-state index contributed by atoms with van der Waals surface area (Å²) in [7, 11) is 0. The molecule has 0 saturated carbocycles. The number of phenols is 1. The van der Waals surface area contributed by atoms with Gasteiger partial charge in [-0.15, -0.1) is 0 Å². The summed E-state index contributed by atoms with van der Waals surface area (Å²) in [6, 6.07) is 6.39. The van der Waals surface area contributed by atoms with Gasteiger partial charge in [-0.3, -0.25) is 0 Å². The number of aromatic amines is 1. The molecule has 3 N–H and O–H groups in total. The van der Waals surface area contributed by atoms with Gasteiger partial charge in [-0.05, 0) is 24.3 Å². The normalized spacial score (nSPS) is 9.87. The molecular weight excluding hydrogens is 196 g/mol.